The minimum absolute atomic E-state index is 0.176. The molecule has 0 heterocycles. The lowest BCUT2D eigenvalue weighted by Gasteiger charge is -2.05. The Hall–Kier alpha value is -1.36. The first kappa shape index (κ1) is 15.1. The van der Waals surface area contributed by atoms with Crippen LogP contribution in [0, 0.1) is 0 Å². The third kappa shape index (κ3) is 10.6. The van der Waals surface area contributed by atoms with E-state index in [-0.39, 0.29) is 17.5 Å². The van der Waals surface area contributed by atoms with Gasteiger partial charge in [0.05, 0.1) is 6.04 Å². The molecule has 0 bridgehead atoms. The predicted molar refractivity (Wildman–Crippen MR) is 54.8 cm³/mol. The van der Waals surface area contributed by atoms with Crippen molar-refractivity contribution in [1.82, 2.24) is 5.32 Å². The fraction of sp³-hybridized carbons (Fsp3) is 0.556. The molecular formula is C9H18N2O3. The second-order valence-electron chi connectivity index (χ2n) is 2.77. The molecule has 0 spiro atoms. The maximum absolute atomic E-state index is 10.2. The lowest BCUT2D eigenvalue weighted by molar-refractivity contribution is -0.132. The average Bonchev–Trinajstić information content (AvgIpc) is 2.05. The summed E-state index contributed by atoms with van der Waals surface area (Å²) < 4.78 is 0. The summed E-state index contributed by atoms with van der Waals surface area (Å²) in [5.41, 5.74) is 5.10. The molecule has 1 unspecified atom stereocenters. The van der Waals surface area contributed by atoms with Gasteiger partial charge in [-0.15, -0.1) is 0 Å². The summed E-state index contributed by atoms with van der Waals surface area (Å²) in [6.45, 7) is 9.06. The highest BCUT2D eigenvalue weighted by Gasteiger charge is 2.03. The Morgan fingerprint density at radius 1 is 1.57 bits per heavy atom. The van der Waals surface area contributed by atoms with Crippen LogP contribution in [0.4, 0.5) is 0 Å². The molecule has 5 nitrogen and oxygen atoms in total. The van der Waals surface area contributed by atoms with Crippen LogP contribution in [0.25, 0.3) is 0 Å². The highest BCUT2D eigenvalue weighted by Crippen LogP contribution is 1.81. The first-order valence-electron chi connectivity index (χ1n) is 4.24. The van der Waals surface area contributed by atoms with Gasteiger partial charge in [0, 0.05) is 5.57 Å². The summed E-state index contributed by atoms with van der Waals surface area (Å²) in [7, 11) is 0. The molecule has 0 aliphatic rings. The van der Waals surface area contributed by atoms with E-state index in [9.17, 15) is 9.59 Å². The molecule has 1 atom stereocenters. The monoisotopic (exact) mass is 202 g/mol. The summed E-state index contributed by atoms with van der Waals surface area (Å²) in [5, 5.41) is 10.8. The van der Waals surface area contributed by atoms with Crippen LogP contribution in [-0.4, -0.2) is 29.6 Å². The van der Waals surface area contributed by atoms with Crippen LogP contribution in [0.1, 0.15) is 20.8 Å². The molecule has 0 radical (unpaired) electrons. The normalized spacial score (nSPS) is 10.8. The van der Waals surface area contributed by atoms with E-state index in [1.807, 2.05) is 6.92 Å². The minimum atomic E-state index is -0.935. The van der Waals surface area contributed by atoms with Crippen molar-refractivity contribution < 1.29 is 14.7 Å². The molecule has 5 heteroatoms. The zero-order chi connectivity index (χ0) is 11.7. The highest BCUT2D eigenvalue weighted by atomic mass is 16.4. The number of amides is 1. The molecule has 0 aromatic carbocycles. The van der Waals surface area contributed by atoms with Crippen molar-refractivity contribution in [2.45, 2.75) is 26.8 Å². The molecule has 0 rings (SSSR count). The van der Waals surface area contributed by atoms with E-state index in [0.29, 0.717) is 0 Å². The average molecular weight is 202 g/mol. The van der Waals surface area contributed by atoms with E-state index in [0.717, 1.165) is 6.54 Å². The predicted octanol–water partition coefficient (Wildman–Crippen LogP) is 0.117. The summed E-state index contributed by atoms with van der Waals surface area (Å²) >= 11 is 0. The quantitative estimate of drug-likeness (QED) is 0.564. The smallest absolute Gasteiger partial charge is 0.330 e. The van der Waals surface area contributed by atoms with Gasteiger partial charge in [-0.05, 0) is 20.4 Å². The Morgan fingerprint density at radius 3 is 2.00 bits per heavy atom. The second kappa shape index (κ2) is 8.25. The summed E-state index contributed by atoms with van der Waals surface area (Å²) in [6, 6.07) is -0.194. The molecule has 0 aromatic rings. The van der Waals surface area contributed by atoms with Crippen molar-refractivity contribution in [3.05, 3.63) is 12.2 Å². The molecule has 4 N–H and O–H groups in total. The van der Waals surface area contributed by atoms with Crippen molar-refractivity contribution in [2.75, 3.05) is 6.54 Å². The number of carboxylic acid groups (broad SMARTS) is 1. The molecule has 0 aliphatic carbocycles. The van der Waals surface area contributed by atoms with Gasteiger partial charge in [0.25, 0.3) is 0 Å². The van der Waals surface area contributed by atoms with E-state index in [2.05, 4.69) is 11.9 Å². The molecule has 0 fully saturated rings. The van der Waals surface area contributed by atoms with Gasteiger partial charge in [0.1, 0.15) is 0 Å². The minimum Gasteiger partial charge on any atom is -0.478 e. The Kier molecular flexibility index (Phi) is 8.91. The van der Waals surface area contributed by atoms with Gasteiger partial charge in [0.2, 0.25) is 5.91 Å². The Balaban J connectivity index is 0. The van der Waals surface area contributed by atoms with Crippen molar-refractivity contribution in [3.63, 3.8) is 0 Å². The number of likely N-dealkylation sites (N-methyl/N-ethyl adjacent to an activating group) is 1. The first-order chi connectivity index (χ1) is 6.32. The summed E-state index contributed by atoms with van der Waals surface area (Å²) in [4.78, 5) is 19.8. The largest absolute Gasteiger partial charge is 0.478 e. The molecule has 1 amide bonds. The zero-order valence-electron chi connectivity index (χ0n) is 8.83. The molecule has 82 valence electrons. The number of carbonyl (C=O) groups excluding carboxylic acids is 1. The number of nitrogens with two attached hydrogens (primary N) is 1. The highest BCUT2D eigenvalue weighted by molar-refractivity contribution is 5.84. The maximum Gasteiger partial charge on any atom is 0.330 e. The maximum atomic E-state index is 10.2. The number of nitrogens with one attached hydrogen (secondary N) is 1. The van der Waals surface area contributed by atoms with Crippen LogP contribution < -0.4 is 11.1 Å². The molecular weight excluding hydrogens is 184 g/mol. The van der Waals surface area contributed by atoms with Gasteiger partial charge in [-0.3, -0.25) is 4.79 Å². The topological polar surface area (TPSA) is 92.4 Å². The third-order valence-electron chi connectivity index (χ3n) is 1.30. The number of aliphatic carboxylic acids is 1. The number of hydrogen-bond acceptors (Lipinski definition) is 3. The number of carboxylic acids is 1. The van der Waals surface area contributed by atoms with Gasteiger partial charge >= 0.3 is 5.97 Å². The number of carbonyl (C=O) groups is 2. The van der Waals surface area contributed by atoms with Crippen LogP contribution in [0.5, 0.6) is 0 Å². The van der Waals surface area contributed by atoms with Crippen molar-refractivity contribution in [1.29, 1.82) is 0 Å². The molecule has 0 aliphatic heterocycles. The van der Waals surface area contributed by atoms with Crippen LogP contribution in [-0.2, 0) is 9.59 Å². The van der Waals surface area contributed by atoms with Crippen molar-refractivity contribution >= 4 is 11.9 Å². The van der Waals surface area contributed by atoms with Crippen molar-refractivity contribution in [3.8, 4) is 0 Å². The number of primary amides is 1. The Bertz CT molecular complexity index is 202. The third-order valence-corrected chi connectivity index (χ3v) is 1.30. The molecule has 0 saturated carbocycles. The van der Waals surface area contributed by atoms with E-state index in [1.165, 1.54) is 6.92 Å². The van der Waals surface area contributed by atoms with Gasteiger partial charge in [-0.25, -0.2) is 4.79 Å². The van der Waals surface area contributed by atoms with Gasteiger partial charge in [-0.1, -0.05) is 13.5 Å². The lowest BCUT2D eigenvalue weighted by Crippen LogP contribution is -2.38. The van der Waals surface area contributed by atoms with Gasteiger partial charge in [-0.2, -0.15) is 0 Å². The fourth-order valence-electron chi connectivity index (χ4n) is 0.407. The number of rotatable bonds is 4. The zero-order valence-corrected chi connectivity index (χ0v) is 8.83. The lowest BCUT2D eigenvalue weighted by atomic mass is 10.3. The summed E-state index contributed by atoms with van der Waals surface area (Å²) in [6.07, 6.45) is 0. The van der Waals surface area contributed by atoms with Gasteiger partial charge in [0.15, 0.2) is 0 Å². The van der Waals surface area contributed by atoms with E-state index < -0.39 is 5.97 Å². The fourth-order valence-corrected chi connectivity index (χ4v) is 0.407. The van der Waals surface area contributed by atoms with Crippen molar-refractivity contribution in [2.24, 2.45) is 5.73 Å². The number of hydrogen-bond donors (Lipinski definition) is 3. The SMILES string of the molecule is C=C(C)C(=O)O.CCNC(C)C(N)=O. The Labute approximate surface area is 84.0 Å². The molecule has 0 saturated heterocycles. The second-order valence-corrected chi connectivity index (χ2v) is 2.77. The van der Waals surface area contributed by atoms with Crippen LogP contribution in [0.15, 0.2) is 12.2 Å². The van der Waals surface area contributed by atoms with E-state index in [4.69, 9.17) is 10.8 Å². The van der Waals surface area contributed by atoms with Crippen LogP contribution >= 0.6 is 0 Å². The summed E-state index contributed by atoms with van der Waals surface area (Å²) in [5.74, 6) is -1.23. The van der Waals surface area contributed by atoms with Crippen LogP contribution in [0.3, 0.4) is 0 Å². The first-order valence-corrected chi connectivity index (χ1v) is 4.24. The molecule has 0 aromatic heterocycles. The Morgan fingerprint density at radius 2 is 1.93 bits per heavy atom. The van der Waals surface area contributed by atoms with E-state index in [1.54, 1.807) is 6.92 Å². The van der Waals surface area contributed by atoms with E-state index >= 15 is 0 Å². The van der Waals surface area contributed by atoms with Gasteiger partial charge < -0.3 is 16.2 Å². The van der Waals surface area contributed by atoms with Crippen LogP contribution in [0.2, 0.25) is 0 Å². The molecule has 14 heavy (non-hydrogen) atoms. The standard InChI is InChI=1S/C5H12N2O.C4H6O2/c1-3-7-4(2)5(6)8;1-3(2)4(5)6/h4,7H,3H2,1-2H3,(H2,6,8);1H2,2H3,(H,5,6).